The van der Waals surface area contributed by atoms with Crippen molar-refractivity contribution in [2.24, 2.45) is 34.5 Å². The highest BCUT2D eigenvalue weighted by atomic mass is 19.1. The third-order valence-electron chi connectivity index (χ3n) is 16.8. The molecule has 2 N–H and O–H groups in total. The monoisotopic (exact) mass is 949 g/mol. The highest BCUT2D eigenvalue weighted by Crippen LogP contribution is 2.64. The lowest BCUT2D eigenvalue weighted by Crippen LogP contribution is -2.56. The lowest BCUT2D eigenvalue weighted by atomic mass is 9.46. The molecule has 2 aliphatic carbocycles. The molecule has 2 fully saturated rings. The second-order valence-electron chi connectivity index (χ2n) is 20.2. The molecular formula is C61H70F2N2O5. The minimum atomic E-state index is -1.39. The van der Waals surface area contributed by atoms with Gasteiger partial charge in [-0.05, 0) is 148 Å². The summed E-state index contributed by atoms with van der Waals surface area (Å²) in [6.45, 7) is 15.0. The molecule has 2 saturated heterocycles. The van der Waals surface area contributed by atoms with Crippen molar-refractivity contribution in [1.29, 1.82) is 0 Å². The van der Waals surface area contributed by atoms with E-state index < -0.39 is 22.7 Å². The van der Waals surface area contributed by atoms with Crippen LogP contribution in [0.3, 0.4) is 0 Å². The Morgan fingerprint density at radius 1 is 0.571 bits per heavy atom. The number of carbonyl (C=O) groups is 3. The Hall–Kier alpha value is -5.45. The van der Waals surface area contributed by atoms with E-state index >= 15 is 23.2 Å². The molecule has 2 aliphatic heterocycles. The van der Waals surface area contributed by atoms with E-state index in [0.29, 0.717) is 68.8 Å². The first-order valence-corrected chi connectivity index (χ1v) is 25.3. The van der Waals surface area contributed by atoms with Crippen molar-refractivity contribution >= 4 is 28.5 Å². The number of ether oxygens (including phenoxy) is 2. The summed E-state index contributed by atoms with van der Waals surface area (Å²) in [5.41, 5.74) is 6.07. The summed E-state index contributed by atoms with van der Waals surface area (Å²) in [6, 6.07) is 28.5. The summed E-state index contributed by atoms with van der Waals surface area (Å²) in [4.78, 5) is 49.5. The molecule has 2 heterocycles. The maximum absolute atomic E-state index is 17.8. The van der Waals surface area contributed by atoms with Gasteiger partial charge < -0.3 is 20.1 Å². The van der Waals surface area contributed by atoms with Crippen molar-refractivity contribution < 1.29 is 32.6 Å². The van der Waals surface area contributed by atoms with E-state index in [0.717, 1.165) is 61.1 Å². The van der Waals surface area contributed by atoms with Crippen molar-refractivity contribution in [2.45, 2.75) is 80.1 Å². The molecule has 9 heteroatoms. The van der Waals surface area contributed by atoms with Gasteiger partial charge in [-0.15, -0.1) is 0 Å². The van der Waals surface area contributed by atoms with Crippen LogP contribution in [0.25, 0.3) is 11.1 Å². The second kappa shape index (κ2) is 21.5. The summed E-state index contributed by atoms with van der Waals surface area (Å²) < 4.78 is 44.1. The quantitative estimate of drug-likeness (QED) is 0.108. The zero-order chi connectivity index (χ0) is 49.9. The number of ketones is 3. The van der Waals surface area contributed by atoms with Crippen LogP contribution in [0.4, 0.5) is 8.78 Å². The first kappa shape index (κ1) is 50.9. The number of carbonyl (C=O) groups excluding carboxylic acids is 3. The second-order valence-corrected chi connectivity index (χ2v) is 20.2. The summed E-state index contributed by atoms with van der Waals surface area (Å²) >= 11 is 0. The van der Waals surface area contributed by atoms with E-state index in [1.807, 2.05) is 86.6 Å². The van der Waals surface area contributed by atoms with Gasteiger partial charge in [-0.2, -0.15) is 0 Å². The SMILES string of the molecule is COCC[C@]1(C(=O)[C@@]2(CCOC)C(C)=C(C3CCCNC3)C(c3cccc(F)c3C)=C(C(=O)c3ccccc3)[C@@H]2C)C(C)=C(C2CCCNC2)C(c2cccc(F)c2C)=C(C(=O)c2ccccc2)[C@@H]1C. The molecule has 0 spiro atoms. The highest BCUT2D eigenvalue weighted by molar-refractivity contribution is 6.19. The number of benzene rings is 4. The van der Waals surface area contributed by atoms with E-state index in [1.165, 1.54) is 12.1 Å². The van der Waals surface area contributed by atoms with E-state index in [1.54, 1.807) is 40.2 Å². The van der Waals surface area contributed by atoms with Crippen LogP contribution in [0.5, 0.6) is 0 Å². The number of hydrogen-bond acceptors (Lipinski definition) is 7. The molecule has 0 saturated carbocycles. The Morgan fingerprint density at radius 3 is 1.30 bits per heavy atom. The number of hydrogen-bond donors (Lipinski definition) is 2. The summed E-state index contributed by atoms with van der Waals surface area (Å²) in [5, 5.41) is 7.26. The van der Waals surface area contributed by atoms with Crippen molar-refractivity contribution in [3.8, 4) is 0 Å². The summed E-state index contributed by atoms with van der Waals surface area (Å²) in [7, 11) is 3.28. The fourth-order valence-electron chi connectivity index (χ4n) is 13.1. The Labute approximate surface area is 413 Å². The highest BCUT2D eigenvalue weighted by Gasteiger charge is 2.62. The average Bonchev–Trinajstić information content (AvgIpc) is 3.38. The maximum Gasteiger partial charge on any atom is 0.189 e. The van der Waals surface area contributed by atoms with Crippen molar-refractivity contribution in [1.82, 2.24) is 10.6 Å². The van der Waals surface area contributed by atoms with E-state index in [9.17, 15) is 0 Å². The summed E-state index contributed by atoms with van der Waals surface area (Å²) in [5.74, 6) is -3.05. The van der Waals surface area contributed by atoms with Gasteiger partial charge in [-0.1, -0.05) is 110 Å². The summed E-state index contributed by atoms with van der Waals surface area (Å²) in [6.07, 6.45) is 3.81. The van der Waals surface area contributed by atoms with Gasteiger partial charge in [0, 0.05) is 74.6 Å². The Bertz CT molecular complexity index is 2570. The van der Waals surface area contributed by atoms with Crippen LogP contribution < -0.4 is 10.6 Å². The fraction of sp³-hybridized carbons (Fsp3) is 0.426. The molecule has 0 aromatic heterocycles. The molecule has 4 aliphatic rings. The van der Waals surface area contributed by atoms with Crippen molar-refractivity contribution in [3.05, 3.63) is 176 Å². The first-order valence-electron chi connectivity index (χ1n) is 25.3. The van der Waals surface area contributed by atoms with Gasteiger partial charge in [0.25, 0.3) is 0 Å². The van der Waals surface area contributed by atoms with Gasteiger partial charge in [0.1, 0.15) is 11.6 Å². The van der Waals surface area contributed by atoms with Gasteiger partial charge in [-0.25, -0.2) is 8.78 Å². The van der Waals surface area contributed by atoms with Crippen LogP contribution in [-0.2, 0) is 14.3 Å². The predicted molar refractivity (Wildman–Crippen MR) is 275 cm³/mol. The molecule has 8 rings (SSSR count). The first-order chi connectivity index (χ1) is 33.8. The molecule has 7 nitrogen and oxygen atoms in total. The lowest BCUT2D eigenvalue weighted by Gasteiger charge is -2.55. The largest absolute Gasteiger partial charge is 0.385 e. The number of allylic oxidation sites excluding steroid dienone is 6. The standard InChI is InChI=1S/C61H70F2N2O5/c1-37-47(25-15-27-49(37)62)55-51(45-23-17-31-64-35-45)39(3)60(29-33-69-7,41(5)53(55)57(66)43-19-11-9-12-20-43)59(68)61(30-34-70-8)40(4)52(46-24-18-32-65-36-46)56(48-26-16-28-50(63)38(48)2)54(42(61)6)58(67)44-21-13-10-14-22-44/h9-16,19-22,25-28,41-42,45-46,64-65H,17-18,23-24,29-36H2,1-8H3/t41-,42-,45?,46?,60-,61-/m0/s1. The minimum absolute atomic E-state index is 0.103. The van der Waals surface area contributed by atoms with E-state index in [2.05, 4.69) is 24.5 Å². The lowest BCUT2D eigenvalue weighted by molar-refractivity contribution is -0.141. The minimum Gasteiger partial charge on any atom is -0.385 e. The third kappa shape index (κ3) is 8.75. The number of rotatable bonds is 16. The van der Waals surface area contributed by atoms with Gasteiger partial charge in [0.15, 0.2) is 17.3 Å². The Balaban J connectivity index is 1.52. The molecule has 4 aromatic rings. The molecule has 0 bridgehead atoms. The van der Waals surface area contributed by atoms with Gasteiger partial charge in [0.05, 0.1) is 10.8 Å². The number of methoxy groups -OCH3 is 2. The fourth-order valence-corrected chi connectivity index (χ4v) is 13.1. The average molecular weight is 949 g/mol. The van der Waals surface area contributed by atoms with Crippen molar-refractivity contribution in [3.63, 3.8) is 0 Å². The Kier molecular flexibility index (Phi) is 15.6. The van der Waals surface area contributed by atoms with E-state index in [-0.39, 0.29) is 66.9 Å². The molecule has 6 atom stereocenters. The van der Waals surface area contributed by atoms with Gasteiger partial charge >= 0.3 is 0 Å². The molecule has 2 unspecified atom stereocenters. The molecule has 0 amide bonds. The molecule has 368 valence electrons. The number of piperidine rings is 2. The predicted octanol–water partition coefficient (Wildman–Crippen LogP) is 12.1. The zero-order valence-electron chi connectivity index (χ0n) is 42.3. The molecule has 0 radical (unpaired) electrons. The smallest absolute Gasteiger partial charge is 0.189 e. The topological polar surface area (TPSA) is 93.7 Å². The normalized spacial score (nSPS) is 25.4. The van der Waals surface area contributed by atoms with Crippen LogP contribution >= 0.6 is 0 Å². The maximum atomic E-state index is 17.8. The molecule has 4 aromatic carbocycles. The number of Topliss-reactive ketones (excluding diaryl/α,β-unsaturated/α-hetero) is 3. The number of halogens is 2. The van der Waals surface area contributed by atoms with Crippen LogP contribution in [0.2, 0.25) is 0 Å². The third-order valence-corrected chi connectivity index (χ3v) is 16.8. The number of nitrogens with one attached hydrogen (secondary N) is 2. The van der Waals surface area contributed by atoms with E-state index in [4.69, 9.17) is 9.47 Å². The van der Waals surface area contributed by atoms with Crippen molar-refractivity contribution in [2.75, 3.05) is 53.6 Å². The zero-order valence-corrected chi connectivity index (χ0v) is 42.3. The van der Waals surface area contributed by atoms with Crippen LogP contribution in [-0.4, -0.2) is 71.0 Å². The van der Waals surface area contributed by atoms with Crippen LogP contribution in [0.1, 0.15) is 109 Å². The molecule has 70 heavy (non-hydrogen) atoms. The Morgan fingerprint density at radius 2 is 0.957 bits per heavy atom. The van der Waals surface area contributed by atoms with Gasteiger partial charge in [-0.3, -0.25) is 14.4 Å². The van der Waals surface area contributed by atoms with Crippen LogP contribution in [0, 0.1) is 60.0 Å². The van der Waals surface area contributed by atoms with Gasteiger partial charge in [0.2, 0.25) is 0 Å². The molecular weight excluding hydrogens is 879 g/mol. The van der Waals surface area contributed by atoms with Crippen LogP contribution in [0.15, 0.2) is 131 Å².